The van der Waals surface area contributed by atoms with Gasteiger partial charge in [-0.3, -0.25) is 0 Å². The summed E-state index contributed by atoms with van der Waals surface area (Å²) < 4.78 is 23.8. The summed E-state index contributed by atoms with van der Waals surface area (Å²) in [5.74, 6) is 0. The number of halogens is 2. The number of nitrogens with one attached hydrogen (secondary N) is 1. The van der Waals surface area contributed by atoms with Gasteiger partial charge in [0.15, 0.2) is 0 Å². The molecule has 0 fully saturated rings. The van der Waals surface area contributed by atoms with Gasteiger partial charge in [0.1, 0.15) is 0 Å². The van der Waals surface area contributed by atoms with Crippen LogP contribution in [0.1, 0.15) is 0 Å². The number of hydrogen-bond donors (Lipinski definition) is 1. The summed E-state index contributed by atoms with van der Waals surface area (Å²) >= 11 is 1.54. The fourth-order valence-corrected chi connectivity index (χ4v) is 1.55. The molecule has 1 aromatic carbocycles. The van der Waals surface area contributed by atoms with Gasteiger partial charge in [-0.2, -0.15) is 0 Å². The van der Waals surface area contributed by atoms with Gasteiger partial charge in [-0.15, -0.1) is 11.8 Å². The largest absolute Gasteiger partial charge is 0.378 e. The average molecular weight is 203 g/mol. The second kappa shape index (κ2) is 5.07. The second-order valence-electron chi connectivity index (χ2n) is 2.47. The zero-order valence-corrected chi connectivity index (χ0v) is 8.07. The number of anilines is 1. The minimum absolute atomic E-state index is 0.294. The highest BCUT2D eigenvalue weighted by Crippen LogP contribution is 2.24. The van der Waals surface area contributed by atoms with E-state index in [-0.39, 0.29) is 6.54 Å². The Labute approximate surface area is 80.5 Å². The summed E-state index contributed by atoms with van der Waals surface area (Å²) in [6.45, 7) is -0.294. The molecule has 0 saturated carbocycles. The highest BCUT2D eigenvalue weighted by molar-refractivity contribution is 7.98. The maximum atomic E-state index is 11.9. The van der Waals surface area contributed by atoms with E-state index in [0.717, 1.165) is 10.6 Å². The van der Waals surface area contributed by atoms with Crippen molar-refractivity contribution in [2.45, 2.75) is 11.3 Å². The molecule has 0 aliphatic rings. The summed E-state index contributed by atoms with van der Waals surface area (Å²) in [4.78, 5) is 0.989. The fraction of sp³-hybridized carbons (Fsp3) is 0.333. The van der Waals surface area contributed by atoms with Crippen molar-refractivity contribution in [2.75, 3.05) is 18.1 Å². The van der Waals surface area contributed by atoms with Crippen LogP contribution in [0.2, 0.25) is 0 Å². The standard InChI is InChI=1S/C9H11F2NS/c1-13-8-5-3-2-4-7(8)12-6-9(10)11/h2-5,9,12H,6H2,1H3. The maximum Gasteiger partial charge on any atom is 0.255 e. The molecule has 0 unspecified atom stereocenters. The Kier molecular flexibility index (Phi) is 4.02. The molecule has 0 spiro atoms. The topological polar surface area (TPSA) is 12.0 Å². The van der Waals surface area contributed by atoms with Crippen LogP contribution in [0.25, 0.3) is 0 Å². The molecule has 0 bridgehead atoms. The van der Waals surface area contributed by atoms with Gasteiger partial charge in [0.2, 0.25) is 0 Å². The van der Waals surface area contributed by atoms with E-state index in [0.29, 0.717) is 0 Å². The minimum atomic E-state index is -2.31. The molecular weight excluding hydrogens is 192 g/mol. The van der Waals surface area contributed by atoms with Crippen molar-refractivity contribution in [1.82, 2.24) is 0 Å². The molecule has 1 aromatic rings. The second-order valence-corrected chi connectivity index (χ2v) is 3.32. The molecule has 1 nitrogen and oxygen atoms in total. The van der Waals surface area contributed by atoms with Crippen LogP contribution in [-0.2, 0) is 0 Å². The van der Waals surface area contributed by atoms with Gasteiger partial charge in [-0.1, -0.05) is 12.1 Å². The van der Waals surface area contributed by atoms with E-state index in [9.17, 15) is 8.78 Å². The van der Waals surface area contributed by atoms with Crippen LogP contribution < -0.4 is 5.32 Å². The number of rotatable bonds is 4. The van der Waals surface area contributed by atoms with E-state index in [1.165, 1.54) is 11.8 Å². The molecule has 0 aliphatic heterocycles. The number of para-hydroxylation sites is 1. The predicted molar refractivity (Wildman–Crippen MR) is 52.7 cm³/mol. The third-order valence-electron chi connectivity index (χ3n) is 1.55. The average Bonchev–Trinajstić information content (AvgIpc) is 2.15. The zero-order chi connectivity index (χ0) is 9.68. The Bertz CT molecular complexity index is 266. The molecule has 0 radical (unpaired) electrons. The molecule has 0 heterocycles. The fourth-order valence-electron chi connectivity index (χ4n) is 0.978. The molecule has 0 amide bonds. The van der Waals surface area contributed by atoms with Crippen LogP contribution in [0.15, 0.2) is 29.2 Å². The lowest BCUT2D eigenvalue weighted by Crippen LogP contribution is -2.10. The normalized spacial score (nSPS) is 10.5. The lowest BCUT2D eigenvalue weighted by Gasteiger charge is -2.09. The molecule has 0 atom stereocenters. The van der Waals surface area contributed by atoms with Crippen molar-refractivity contribution in [3.05, 3.63) is 24.3 Å². The van der Waals surface area contributed by atoms with E-state index in [4.69, 9.17) is 0 Å². The molecule has 1 rings (SSSR count). The maximum absolute atomic E-state index is 11.9. The molecular formula is C9H11F2NS. The molecule has 0 saturated heterocycles. The van der Waals surface area contributed by atoms with Gasteiger partial charge in [-0.05, 0) is 18.4 Å². The van der Waals surface area contributed by atoms with Crippen LogP contribution in [0.5, 0.6) is 0 Å². The van der Waals surface area contributed by atoms with Crippen molar-refractivity contribution in [3.63, 3.8) is 0 Å². The van der Waals surface area contributed by atoms with Gasteiger partial charge >= 0.3 is 0 Å². The lowest BCUT2D eigenvalue weighted by molar-refractivity contribution is 0.163. The smallest absolute Gasteiger partial charge is 0.255 e. The van der Waals surface area contributed by atoms with Crippen molar-refractivity contribution in [2.24, 2.45) is 0 Å². The Balaban J connectivity index is 2.64. The summed E-state index contributed by atoms with van der Waals surface area (Å²) in [5, 5.41) is 2.69. The van der Waals surface area contributed by atoms with E-state index in [1.807, 2.05) is 24.5 Å². The highest BCUT2D eigenvalue weighted by Gasteiger charge is 2.03. The Morgan fingerprint density at radius 3 is 2.69 bits per heavy atom. The van der Waals surface area contributed by atoms with Crippen LogP contribution in [0, 0.1) is 0 Å². The minimum Gasteiger partial charge on any atom is -0.378 e. The summed E-state index contributed by atoms with van der Waals surface area (Å²) in [5.41, 5.74) is 0.773. The van der Waals surface area contributed by atoms with Gasteiger partial charge in [0.25, 0.3) is 6.43 Å². The summed E-state index contributed by atoms with van der Waals surface area (Å²) in [6, 6.07) is 7.42. The molecule has 1 N–H and O–H groups in total. The SMILES string of the molecule is CSc1ccccc1NCC(F)F. The first-order chi connectivity index (χ1) is 6.24. The van der Waals surface area contributed by atoms with E-state index in [1.54, 1.807) is 6.07 Å². The van der Waals surface area contributed by atoms with Gasteiger partial charge in [0.05, 0.1) is 6.54 Å². The lowest BCUT2D eigenvalue weighted by atomic mass is 10.3. The summed E-state index contributed by atoms with van der Waals surface area (Å²) in [6.07, 6.45) is -0.391. The van der Waals surface area contributed by atoms with Gasteiger partial charge in [-0.25, -0.2) is 8.78 Å². The van der Waals surface area contributed by atoms with Crippen molar-refractivity contribution >= 4 is 17.4 Å². The molecule has 4 heteroatoms. The van der Waals surface area contributed by atoms with E-state index < -0.39 is 6.43 Å². The Morgan fingerprint density at radius 2 is 2.08 bits per heavy atom. The van der Waals surface area contributed by atoms with Crippen LogP contribution >= 0.6 is 11.8 Å². The molecule has 13 heavy (non-hydrogen) atoms. The monoisotopic (exact) mass is 203 g/mol. The third kappa shape index (κ3) is 3.22. The number of alkyl halides is 2. The van der Waals surface area contributed by atoms with Crippen molar-refractivity contribution in [3.8, 4) is 0 Å². The van der Waals surface area contributed by atoms with Gasteiger partial charge in [0, 0.05) is 10.6 Å². The summed E-state index contributed by atoms with van der Waals surface area (Å²) in [7, 11) is 0. The van der Waals surface area contributed by atoms with Crippen LogP contribution in [0.3, 0.4) is 0 Å². The number of hydrogen-bond acceptors (Lipinski definition) is 2. The molecule has 72 valence electrons. The van der Waals surface area contributed by atoms with Gasteiger partial charge < -0.3 is 5.32 Å². The van der Waals surface area contributed by atoms with Crippen LogP contribution in [-0.4, -0.2) is 19.2 Å². The number of thioether (sulfide) groups is 1. The van der Waals surface area contributed by atoms with Crippen molar-refractivity contribution in [1.29, 1.82) is 0 Å². The molecule has 0 aromatic heterocycles. The Morgan fingerprint density at radius 1 is 1.38 bits per heavy atom. The molecule has 0 aliphatic carbocycles. The number of benzene rings is 1. The first-order valence-corrected chi connectivity index (χ1v) is 5.11. The van der Waals surface area contributed by atoms with E-state index in [2.05, 4.69) is 5.32 Å². The predicted octanol–water partition coefficient (Wildman–Crippen LogP) is 3.09. The van der Waals surface area contributed by atoms with Crippen molar-refractivity contribution < 1.29 is 8.78 Å². The quantitative estimate of drug-likeness (QED) is 0.755. The van der Waals surface area contributed by atoms with E-state index >= 15 is 0 Å². The Hall–Kier alpha value is -0.770. The zero-order valence-electron chi connectivity index (χ0n) is 7.26. The third-order valence-corrected chi connectivity index (χ3v) is 2.35. The first-order valence-electron chi connectivity index (χ1n) is 3.89. The van der Waals surface area contributed by atoms with Crippen LogP contribution in [0.4, 0.5) is 14.5 Å². The highest BCUT2D eigenvalue weighted by atomic mass is 32.2. The first kappa shape index (κ1) is 10.3.